The average molecular weight is 319 g/mol. The molecule has 7 heteroatoms. The van der Waals surface area contributed by atoms with Gasteiger partial charge in [0.2, 0.25) is 11.8 Å². The van der Waals surface area contributed by atoms with Crippen LogP contribution in [0.5, 0.6) is 0 Å². The van der Waals surface area contributed by atoms with Crippen molar-refractivity contribution < 1.29 is 18.8 Å². The molecule has 1 N–H and O–H groups in total. The Morgan fingerprint density at radius 3 is 2.70 bits per heavy atom. The van der Waals surface area contributed by atoms with Crippen LogP contribution < -0.4 is 5.32 Å². The van der Waals surface area contributed by atoms with Crippen LogP contribution in [-0.4, -0.2) is 47.9 Å². The van der Waals surface area contributed by atoms with Gasteiger partial charge in [0.25, 0.3) is 0 Å². The normalized spacial score (nSPS) is 27.8. The predicted octanol–water partition coefficient (Wildman–Crippen LogP) is 0.970. The minimum Gasteiger partial charge on any atom is -0.335 e. The largest absolute Gasteiger partial charge is 0.335 e. The van der Waals surface area contributed by atoms with Gasteiger partial charge in [-0.3, -0.25) is 14.5 Å². The fourth-order valence-electron chi connectivity index (χ4n) is 3.33. The standard InChI is InChI=1S/C16H18FN3O3/c1-19-13-12(15(22)20(2)16(19)23)8-10(14(21)18-13)6-9-4-3-5-11(17)7-9/h3-5,7,10,12-13H,6,8H2,1-2H3,(H,18,21). The lowest BCUT2D eigenvalue weighted by atomic mass is 9.82. The van der Waals surface area contributed by atoms with Gasteiger partial charge in [0.05, 0.1) is 5.92 Å². The second-order valence-corrected chi connectivity index (χ2v) is 6.12. The number of nitrogens with one attached hydrogen (secondary N) is 1. The Labute approximate surface area is 133 Å². The average Bonchev–Trinajstić information content (AvgIpc) is 2.52. The third-order valence-corrected chi connectivity index (χ3v) is 4.61. The Hall–Kier alpha value is -2.44. The molecule has 4 amide bonds. The summed E-state index contributed by atoms with van der Waals surface area (Å²) >= 11 is 0. The summed E-state index contributed by atoms with van der Waals surface area (Å²) in [6, 6.07) is 5.66. The van der Waals surface area contributed by atoms with E-state index in [9.17, 15) is 18.8 Å². The lowest BCUT2D eigenvalue weighted by molar-refractivity contribution is -0.145. The number of fused-ring (bicyclic) bond motifs is 1. The van der Waals surface area contributed by atoms with Gasteiger partial charge in [-0.05, 0) is 30.5 Å². The number of carbonyl (C=O) groups excluding carboxylic acids is 3. The molecule has 6 nitrogen and oxygen atoms in total. The zero-order valence-corrected chi connectivity index (χ0v) is 13.0. The molecule has 2 saturated heterocycles. The third-order valence-electron chi connectivity index (χ3n) is 4.61. The first-order valence-electron chi connectivity index (χ1n) is 7.47. The molecule has 0 spiro atoms. The van der Waals surface area contributed by atoms with E-state index < -0.39 is 24.0 Å². The SMILES string of the molecule is CN1C(=O)C2CC(Cc3cccc(F)c3)C(=O)NC2N(C)C1=O. The molecule has 2 heterocycles. The summed E-state index contributed by atoms with van der Waals surface area (Å²) in [6.07, 6.45) is 0.0948. The molecule has 2 aliphatic heterocycles. The van der Waals surface area contributed by atoms with Gasteiger partial charge in [-0.25, -0.2) is 9.18 Å². The lowest BCUT2D eigenvalue weighted by Crippen LogP contribution is -2.67. The number of piperidine rings is 1. The van der Waals surface area contributed by atoms with Crippen molar-refractivity contribution in [2.45, 2.75) is 19.0 Å². The highest BCUT2D eigenvalue weighted by atomic mass is 19.1. The Morgan fingerprint density at radius 2 is 2.00 bits per heavy atom. The first-order chi connectivity index (χ1) is 10.9. The van der Waals surface area contributed by atoms with E-state index in [2.05, 4.69) is 5.32 Å². The summed E-state index contributed by atoms with van der Waals surface area (Å²) in [5.74, 6) is -1.75. The maximum absolute atomic E-state index is 13.3. The number of nitrogens with zero attached hydrogens (tertiary/aromatic N) is 2. The number of amides is 4. The summed E-state index contributed by atoms with van der Waals surface area (Å²) in [5.41, 5.74) is 0.713. The molecule has 122 valence electrons. The van der Waals surface area contributed by atoms with Crippen LogP contribution in [0.4, 0.5) is 9.18 Å². The number of hydrogen-bond donors (Lipinski definition) is 1. The minimum absolute atomic E-state index is 0.215. The van der Waals surface area contributed by atoms with Gasteiger partial charge < -0.3 is 10.2 Å². The Bertz CT molecular complexity index is 678. The summed E-state index contributed by atoms with van der Waals surface area (Å²) in [6.45, 7) is 0. The van der Waals surface area contributed by atoms with E-state index in [4.69, 9.17) is 0 Å². The number of imide groups is 1. The molecule has 1 aromatic rings. The van der Waals surface area contributed by atoms with E-state index in [1.807, 2.05) is 0 Å². The van der Waals surface area contributed by atoms with Crippen molar-refractivity contribution in [3.8, 4) is 0 Å². The summed E-state index contributed by atoms with van der Waals surface area (Å²) in [7, 11) is 3.01. The van der Waals surface area contributed by atoms with Crippen molar-refractivity contribution in [2.75, 3.05) is 14.1 Å². The molecular weight excluding hydrogens is 301 g/mol. The maximum Gasteiger partial charge on any atom is 0.327 e. The fraction of sp³-hybridized carbons (Fsp3) is 0.438. The molecular formula is C16H18FN3O3. The van der Waals surface area contributed by atoms with Crippen LogP contribution in [-0.2, 0) is 16.0 Å². The lowest BCUT2D eigenvalue weighted by Gasteiger charge is -2.45. The third kappa shape index (κ3) is 2.67. The van der Waals surface area contributed by atoms with Gasteiger partial charge in [-0.1, -0.05) is 12.1 Å². The van der Waals surface area contributed by atoms with Gasteiger partial charge in [-0.2, -0.15) is 0 Å². The molecule has 0 aliphatic carbocycles. The summed E-state index contributed by atoms with van der Waals surface area (Å²) in [4.78, 5) is 39.1. The highest BCUT2D eigenvalue weighted by molar-refractivity contribution is 5.99. The summed E-state index contributed by atoms with van der Waals surface area (Å²) in [5, 5.41) is 2.76. The highest BCUT2D eigenvalue weighted by Crippen LogP contribution is 2.31. The van der Waals surface area contributed by atoms with Crippen molar-refractivity contribution in [2.24, 2.45) is 11.8 Å². The maximum atomic E-state index is 13.3. The molecule has 0 saturated carbocycles. The smallest absolute Gasteiger partial charge is 0.327 e. The molecule has 0 radical (unpaired) electrons. The van der Waals surface area contributed by atoms with Gasteiger partial charge in [0.1, 0.15) is 12.0 Å². The first kappa shape index (κ1) is 15.5. The Morgan fingerprint density at radius 1 is 1.26 bits per heavy atom. The van der Waals surface area contributed by atoms with E-state index >= 15 is 0 Å². The van der Waals surface area contributed by atoms with E-state index in [-0.39, 0.29) is 17.6 Å². The van der Waals surface area contributed by atoms with Crippen LogP contribution in [0.1, 0.15) is 12.0 Å². The second-order valence-electron chi connectivity index (χ2n) is 6.12. The molecule has 2 fully saturated rings. The zero-order valence-electron chi connectivity index (χ0n) is 13.0. The Kier molecular flexibility index (Phi) is 3.79. The van der Waals surface area contributed by atoms with Gasteiger partial charge >= 0.3 is 6.03 Å². The van der Waals surface area contributed by atoms with Crippen LogP contribution in [0, 0.1) is 17.7 Å². The van der Waals surface area contributed by atoms with Crippen LogP contribution in [0.2, 0.25) is 0 Å². The molecule has 0 aromatic heterocycles. The van der Waals surface area contributed by atoms with Gasteiger partial charge in [0, 0.05) is 20.0 Å². The van der Waals surface area contributed by atoms with Crippen molar-refractivity contribution in [1.29, 1.82) is 0 Å². The topological polar surface area (TPSA) is 69.7 Å². The molecule has 0 bridgehead atoms. The van der Waals surface area contributed by atoms with Crippen molar-refractivity contribution >= 4 is 17.8 Å². The number of rotatable bonds is 2. The number of urea groups is 1. The van der Waals surface area contributed by atoms with Crippen molar-refractivity contribution in [3.05, 3.63) is 35.6 Å². The van der Waals surface area contributed by atoms with Crippen LogP contribution in [0.15, 0.2) is 24.3 Å². The van der Waals surface area contributed by atoms with Gasteiger partial charge in [0.15, 0.2) is 0 Å². The fourth-order valence-corrected chi connectivity index (χ4v) is 3.33. The zero-order chi connectivity index (χ0) is 16.7. The monoisotopic (exact) mass is 319 g/mol. The molecule has 23 heavy (non-hydrogen) atoms. The van der Waals surface area contributed by atoms with Crippen LogP contribution in [0.25, 0.3) is 0 Å². The van der Waals surface area contributed by atoms with Crippen LogP contribution in [0.3, 0.4) is 0 Å². The quantitative estimate of drug-likeness (QED) is 0.883. The Balaban J connectivity index is 1.80. The minimum atomic E-state index is -0.609. The van der Waals surface area contributed by atoms with E-state index in [0.717, 1.165) is 4.90 Å². The molecule has 3 unspecified atom stereocenters. The van der Waals surface area contributed by atoms with Crippen LogP contribution >= 0.6 is 0 Å². The number of hydrogen-bond acceptors (Lipinski definition) is 3. The molecule has 2 aliphatic rings. The highest BCUT2D eigenvalue weighted by Gasteiger charge is 2.48. The van der Waals surface area contributed by atoms with E-state index in [1.165, 1.54) is 24.1 Å². The van der Waals surface area contributed by atoms with E-state index in [0.29, 0.717) is 18.4 Å². The van der Waals surface area contributed by atoms with Gasteiger partial charge in [-0.15, -0.1) is 0 Å². The summed E-state index contributed by atoms with van der Waals surface area (Å²) < 4.78 is 13.3. The second kappa shape index (κ2) is 5.64. The van der Waals surface area contributed by atoms with Crippen molar-refractivity contribution in [1.82, 2.24) is 15.1 Å². The predicted molar refractivity (Wildman–Crippen MR) is 79.6 cm³/mol. The first-order valence-corrected chi connectivity index (χ1v) is 7.47. The molecule has 3 atom stereocenters. The van der Waals surface area contributed by atoms with E-state index in [1.54, 1.807) is 19.2 Å². The number of halogens is 1. The number of carbonyl (C=O) groups is 3. The number of benzene rings is 1. The molecule has 3 rings (SSSR count). The van der Waals surface area contributed by atoms with Crippen molar-refractivity contribution in [3.63, 3.8) is 0 Å². The molecule has 1 aromatic carbocycles.